The van der Waals surface area contributed by atoms with Gasteiger partial charge in [-0.3, -0.25) is 4.79 Å². The molecule has 6 nitrogen and oxygen atoms in total. The minimum atomic E-state index is -0.456. The van der Waals surface area contributed by atoms with E-state index in [1.807, 2.05) is 13.0 Å². The summed E-state index contributed by atoms with van der Waals surface area (Å²) in [6, 6.07) is 8.75. The van der Waals surface area contributed by atoms with E-state index >= 15 is 0 Å². The number of nitrogens with one attached hydrogen (secondary N) is 1. The molecular formula is C17H19NO5S. The average Bonchev–Trinajstić information content (AvgIpc) is 2.93. The largest absolute Gasteiger partial charge is 0.493 e. The van der Waals surface area contributed by atoms with Gasteiger partial charge >= 0.3 is 5.97 Å². The number of aryl methyl sites for hydroxylation is 1. The second-order valence-electron chi connectivity index (χ2n) is 4.81. The van der Waals surface area contributed by atoms with Crippen molar-refractivity contribution in [2.45, 2.75) is 13.8 Å². The number of carbonyl (C=O) groups is 2. The molecule has 1 aromatic heterocycles. The first-order chi connectivity index (χ1) is 11.5. The standard InChI is InChI=1S/C17H19NO5S/c1-4-22-17(20)12-9-11(2)24-16(12)18-15(19)10-23-14-8-6-5-7-13(14)21-3/h5-9H,4,10H2,1-3H3,(H,18,19). The average molecular weight is 349 g/mol. The van der Waals surface area contributed by atoms with Gasteiger partial charge in [0.15, 0.2) is 18.1 Å². The summed E-state index contributed by atoms with van der Waals surface area (Å²) in [5, 5.41) is 3.15. The lowest BCUT2D eigenvalue weighted by molar-refractivity contribution is -0.118. The van der Waals surface area contributed by atoms with Crippen molar-refractivity contribution in [1.29, 1.82) is 0 Å². The van der Waals surface area contributed by atoms with Crippen LogP contribution in [0.25, 0.3) is 0 Å². The van der Waals surface area contributed by atoms with Crippen LogP contribution in [0.2, 0.25) is 0 Å². The highest BCUT2D eigenvalue weighted by Gasteiger charge is 2.18. The lowest BCUT2D eigenvalue weighted by Gasteiger charge is -2.10. The number of rotatable bonds is 7. The van der Waals surface area contributed by atoms with Gasteiger partial charge in [-0.1, -0.05) is 12.1 Å². The molecule has 1 aromatic carbocycles. The van der Waals surface area contributed by atoms with Crippen molar-refractivity contribution < 1.29 is 23.8 Å². The molecule has 0 aliphatic rings. The number of hydrogen-bond acceptors (Lipinski definition) is 6. The fourth-order valence-corrected chi connectivity index (χ4v) is 2.93. The summed E-state index contributed by atoms with van der Waals surface area (Å²) in [7, 11) is 1.53. The maximum Gasteiger partial charge on any atom is 0.341 e. The SMILES string of the molecule is CCOC(=O)c1cc(C)sc1NC(=O)COc1ccccc1OC. The van der Waals surface area contributed by atoms with Crippen LogP contribution in [0.4, 0.5) is 5.00 Å². The van der Waals surface area contributed by atoms with Gasteiger partial charge in [0.1, 0.15) is 5.00 Å². The van der Waals surface area contributed by atoms with Crippen molar-refractivity contribution in [3.05, 3.63) is 40.8 Å². The van der Waals surface area contributed by atoms with Crippen molar-refractivity contribution in [2.75, 3.05) is 25.6 Å². The smallest absolute Gasteiger partial charge is 0.341 e. The molecule has 0 unspecified atom stereocenters. The van der Waals surface area contributed by atoms with E-state index in [-0.39, 0.29) is 19.1 Å². The lowest BCUT2D eigenvalue weighted by atomic mass is 10.3. The molecule has 0 aliphatic heterocycles. The minimum Gasteiger partial charge on any atom is -0.493 e. The minimum absolute atomic E-state index is 0.195. The molecule has 128 valence electrons. The molecule has 0 spiro atoms. The molecule has 0 bridgehead atoms. The monoisotopic (exact) mass is 349 g/mol. The van der Waals surface area contributed by atoms with E-state index in [0.717, 1.165) is 4.88 Å². The van der Waals surface area contributed by atoms with Gasteiger partial charge in [-0.05, 0) is 32.0 Å². The second kappa shape index (κ2) is 8.35. The number of ether oxygens (including phenoxy) is 3. The normalized spacial score (nSPS) is 10.1. The quantitative estimate of drug-likeness (QED) is 0.777. The fraction of sp³-hybridized carbons (Fsp3) is 0.294. The van der Waals surface area contributed by atoms with E-state index in [2.05, 4.69) is 5.32 Å². The van der Waals surface area contributed by atoms with Crippen LogP contribution in [0.3, 0.4) is 0 Å². The zero-order valence-corrected chi connectivity index (χ0v) is 14.6. The predicted octanol–water partition coefficient (Wildman–Crippen LogP) is 3.26. The first-order valence-corrected chi connectivity index (χ1v) is 8.20. The Morgan fingerprint density at radius 1 is 1.21 bits per heavy atom. The first-order valence-electron chi connectivity index (χ1n) is 7.38. The summed E-state index contributed by atoms with van der Waals surface area (Å²) in [6.07, 6.45) is 0. The maximum atomic E-state index is 12.1. The van der Waals surface area contributed by atoms with Gasteiger partial charge in [-0.25, -0.2) is 4.79 Å². The molecule has 0 aliphatic carbocycles. The predicted molar refractivity (Wildman–Crippen MR) is 92.1 cm³/mol. The van der Waals surface area contributed by atoms with Crippen LogP contribution in [0.1, 0.15) is 22.2 Å². The van der Waals surface area contributed by atoms with E-state index in [0.29, 0.717) is 22.1 Å². The molecule has 0 fully saturated rings. The van der Waals surface area contributed by atoms with Crippen molar-refractivity contribution in [2.24, 2.45) is 0 Å². The zero-order valence-electron chi connectivity index (χ0n) is 13.8. The van der Waals surface area contributed by atoms with Crippen molar-refractivity contribution in [3.63, 3.8) is 0 Å². The van der Waals surface area contributed by atoms with E-state index in [9.17, 15) is 9.59 Å². The third kappa shape index (κ3) is 4.48. The molecule has 0 saturated heterocycles. The number of methoxy groups -OCH3 is 1. The van der Waals surface area contributed by atoms with E-state index in [1.54, 1.807) is 31.2 Å². The van der Waals surface area contributed by atoms with Crippen LogP contribution in [0, 0.1) is 6.92 Å². The zero-order chi connectivity index (χ0) is 17.5. The Kier molecular flexibility index (Phi) is 6.20. The van der Waals surface area contributed by atoms with Gasteiger partial charge < -0.3 is 19.5 Å². The molecule has 2 aromatic rings. The Hall–Kier alpha value is -2.54. The van der Waals surface area contributed by atoms with Crippen LogP contribution >= 0.6 is 11.3 Å². The Morgan fingerprint density at radius 3 is 2.58 bits per heavy atom. The fourth-order valence-electron chi connectivity index (χ4n) is 2.01. The van der Waals surface area contributed by atoms with E-state index in [4.69, 9.17) is 14.2 Å². The molecule has 1 amide bonds. The van der Waals surface area contributed by atoms with Crippen LogP contribution < -0.4 is 14.8 Å². The number of esters is 1. The van der Waals surface area contributed by atoms with Gasteiger partial charge in [0.2, 0.25) is 0 Å². The van der Waals surface area contributed by atoms with E-state index < -0.39 is 5.97 Å². The number of benzene rings is 1. The maximum absolute atomic E-state index is 12.1. The molecule has 24 heavy (non-hydrogen) atoms. The second-order valence-corrected chi connectivity index (χ2v) is 6.06. The molecule has 7 heteroatoms. The molecular weight excluding hydrogens is 330 g/mol. The van der Waals surface area contributed by atoms with Gasteiger partial charge in [0.05, 0.1) is 19.3 Å². The number of amides is 1. The molecule has 0 saturated carbocycles. The highest BCUT2D eigenvalue weighted by molar-refractivity contribution is 7.16. The van der Waals surface area contributed by atoms with Gasteiger partial charge in [-0.2, -0.15) is 0 Å². The summed E-state index contributed by atoms with van der Waals surface area (Å²) in [6.45, 7) is 3.67. The topological polar surface area (TPSA) is 73.9 Å². The van der Waals surface area contributed by atoms with Gasteiger partial charge in [0, 0.05) is 4.88 Å². The third-order valence-corrected chi connectivity index (χ3v) is 4.00. The van der Waals surface area contributed by atoms with Crippen molar-refractivity contribution in [1.82, 2.24) is 0 Å². The van der Waals surface area contributed by atoms with Crippen LogP contribution in [0.15, 0.2) is 30.3 Å². The summed E-state index contributed by atoms with van der Waals surface area (Å²) in [4.78, 5) is 24.9. The molecule has 0 radical (unpaired) electrons. The van der Waals surface area contributed by atoms with Crippen LogP contribution in [-0.2, 0) is 9.53 Å². The highest BCUT2D eigenvalue weighted by Crippen LogP contribution is 2.29. The molecule has 1 heterocycles. The third-order valence-electron chi connectivity index (χ3n) is 3.03. The number of carbonyl (C=O) groups excluding carboxylic acids is 2. The Morgan fingerprint density at radius 2 is 1.92 bits per heavy atom. The Labute approximate surface area is 144 Å². The Balaban J connectivity index is 2.01. The number of anilines is 1. The summed E-state index contributed by atoms with van der Waals surface area (Å²) < 4.78 is 15.6. The van der Waals surface area contributed by atoms with E-state index in [1.165, 1.54) is 18.4 Å². The van der Waals surface area contributed by atoms with Crippen LogP contribution in [-0.4, -0.2) is 32.2 Å². The molecule has 2 rings (SSSR count). The summed E-state index contributed by atoms with van der Waals surface area (Å²) >= 11 is 1.31. The van der Waals surface area contributed by atoms with Gasteiger partial charge in [-0.15, -0.1) is 11.3 Å². The van der Waals surface area contributed by atoms with Crippen molar-refractivity contribution >= 4 is 28.2 Å². The highest BCUT2D eigenvalue weighted by atomic mass is 32.1. The first kappa shape index (κ1) is 17.8. The van der Waals surface area contributed by atoms with Gasteiger partial charge in [0.25, 0.3) is 5.91 Å². The number of para-hydroxylation sites is 2. The number of hydrogen-bond donors (Lipinski definition) is 1. The molecule has 1 N–H and O–H groups in total. The van der Waals surface area contributed by atoms with Crippen molar-refractivity contribution in [3.8, 4) is 11.5 Å². The molecule has 0 atom stereocenters. The number of thiophene rings is 1. The summed E-state index contributed by atoms with van der Waals surface area (Å²) in [5.74, 6) is 0.198. The summed E-state index contributed by atoms with van der Waals surface area (Å²) in [5.41, 5.74) is 0.352. The Bertz CT molecular complexity index is 726. The van der Waals surface area contributed by atoms with Crippen LogP contribution in [0.5, 0.6) is 11.5 Å². The lowest BCUT2D eigenvalue weighted by Crippen LogP contribution is -2.21.